The number of Topliss-reactive ketones (excluding diaryl/α,β-unsaturated/α-hetero) is 1. The van der Waals surface area contributed by atoms with Crippen LogP contribution in [0.25, 0.3) is 0 Å². The van der Waals surface area contributed by atoms with E-state index in [1.54, 1.807) is 18.2 Å². The molecule has 1 aliphatic rings. The van der Waals surface area contributed by atoms with Gasteiger partial charge in [0.2, 0.25) is 0 Å². The molecular formula is C13H14BrClO2. The fourth-order valence-electron chi connectivity index (χ4n) is 1.63. The molecule has 0 aliphatic heterocycles. The second-order valence-corrected chi connectivity index (χ2v) is 5.62. The SMILES string of the molecule is CC(=O)c1cc(Cl)ccc1OCC1(CBr)CC1. The maximum atomic E-state index is 11.5. The normalized spacial score (nSPS) is 16.6. The van der Waals surface area contributed by atoms with Crippen LogP contribution < -0.4 is 4.74 Å². The molecule has 1 aromatic rings. The van der Waals surface area contributed by atoms with Gasteiger partial charge in [-0.3, -0.25) is 4.79 Å². The summed E-state index contributed by atoms with van der Waals surface area (Å²) in [5.41, 5.74) is 0.830. The summed E-state index contributed by atoms with van der Waals surface area (Å²) < 4.78 is 5.76. The van der Waals surface area contributed by atoms with Crippen molar-refractivity contribution in [1.82, 2.24) is 0 Å². The topological polar surface area (TPSA) is 26.3 Å². The first-order valence-corrected chi connectivity index (χ1v) is 7.05. The highest BCUT2D eigenvalue weighted by atomic mass is 79.9. The van der Waals surface area contributed by atoms with Crippen LogP contribution in [0.2, 0.25) is 5.02 Å². The molecule has 0 bridgehead atoms. The average molecular weight is 318 g/mol. The molecule has 1 aliphatic carbocycles. The van der Waals surface area contributed by atoms with Crippen LogP contribution in [0.15, 0.2) is 18.2 Å². The number of hydrogen-bond donors (Lipinski definition) is 0. The third-order valence-electron chi connectivity index (χ3n) is 3.10. The van der Waals surface area contributed by atoms with E-state index < -0.39 is 0 Å². The minimum atomic E-state index is -0.0220. The van der Waals surface area contributed by atoms with Crippen molar-refractivity contribution in [2.24, 2.45) is 5.41 Å². The molecule has 0 radical (unpaired) electrons. The molecule has 0 N–H and O–H groups in total. The number of rotatable bonds is 5. The van der Waals surface area contributed by atoms with Gasteiger partial charge in [-0.25, -0.2) is 0 Å². The van der Waals surface area contributed by atoms with Crippen LogP contribution in [0.3, 0.4) is 0 Å². The highest BCUT2D eigenvalue weighted by Gasteiger charge is 2.42. The van der Waals surface area contributed by atoms with Crippen LogP contribution in [0.5, 0.6) is 5.75 Å². The molecular weight excluding hydrogens is 303 g/mol. The monoisotopic (exact) mass is 316 g/mol. The summed E-state index contributed by atoms with van der Waals surface area (Å²) in [6.45, 7) is 2.18. The number of carbonyl (C=O) groups excluding carboxylic acids is 1. The molecule has 17 heavy (non-hydrogen) atoms. The molecule has 0 atom stereocenters. The van der Waals surface area contributed by atoms with Gasteiger partial charge in [-0.2, -0.15) is 0 Å². The second-order valence-electron chi connectivity index (χ2n) is 4.62. The number of benzene rings is 1. The van der Waals surface area contributed by atoms with E-state index in [9.17, 15) is 4.79 Å². The molecule has 0 heterocycles. The summed E-state index contributed by atoms with van der Waals surface area (Å²) in [7, 11) is 0. The van der Waals surface area contributed by atoms with Gasteiger partial charge in [-0.05, 0) is 38.0 Å². The Morgan fingerprint density at radius 3 is 2.76 bits per heavy atom. The third kappa shape index (κ3) is 3.02. The lowest BCUT2D eigenvalue weighted by atomic mass is 10.1. The molecule has 1 aromatic carbocycles. The van der Waals surface area contributed by atoms with Crippen LogP contribution in [-0.2, 0) is 0 Å². The van der Waals surface area contributed by atoms with Crippen LogP contribution in [-0.4, -0.2) is 17.7 Å². The Morgan fingerprint density at radius 2 is 2.24 bits per heavy atom. The van der Waals surface area contributed by atoms with Crippen molar-refractivity contribution in [3.63, 3.8) is 0 Å². The van der Waals surface area contributed by atoms with Crippen LogP contribution >= 0.6 is 27.5 Å². The first-order valence-electron chi connectivity index (χ1n) is 5.56. The Balaban J connectivity index is 2.12. The van der Waals surface area contributed by atoms with Gasteiger partial charge < -0.3 is 4.74 Å². The van der Waals surface area contributed by atoms with E-state index in [2.05, 4.69) is 15.9 Å². The zero-order chi connectivity index (χ0) is 12.5. The maximum Gasteiger partial charge on any atom is 0.163 e. The van der Waals surface area contributed by atoms with Crippen molar-refractivity contribution in [2.45, 2.75) is 19.8 Å². The van der Waals surface area contributed by atoms with E-state index >= 15 is 0 Å². The lowest BCUT2D eigenvalue weighted by molar-refractivity contribution is 0.101. The molecule has 92 valence electrons. The largest absolute Gasteiger partial charge is 0.492 e. The molecule has 1 saturated carbocycles. The van der Waals surface area contributed by atoms with E-state index in [0.29, 0.717) is 22.9 Å². The van der Waals surface area contributed by atoms with Gasteiger partial charge in [0, 0.05) is 15.8 Å². The highest BCUT2D eigenvalue weighted by Crippen LogP contribution is 2.47. The van der Waals surface area contributed by atoms with Crippen molar-refractivity contribution in [2.75, 3.05) is 11.9 Å². The summed E-state index contributed by atoms with van der Waals surface area (Å²) in [6.07, 6.45) is 2.36. The summed E-state index contributed by atoms with van der Waals surface area (Å²) in [5, 5.41) is 1.51. The van der Waals surface area contributed by atoms with Gasteiger partial charge in [0.25, 0.3) is 0 Å². The predicted octanol–water partition coefficient (Wildman–Crippen LogP) is 4.10. The Bertz CT molecular complexity index is 441. The van der Waals surface area contributed by atoms with Crippen molar-refractivity contribution in [3.05, 3.63) is 28.8 Å². The molecule has 0 saturated heterocycles. The zero-order valence-electron chi connectivity index (χ0n) is 9.63. The minimum Gasteiger partial charge on any atom is -0.492 e. The standard InChI is InChI=1S/C13H14BrClO2/c1-9(16)11-6-10(15)2-3-12(11)17-8-13(7-14)4-5-13/h2-3,6H,4-5,7-8H2,1H3. The first-order chi connectivity index (χ1) is 8.06. The molecule has 2 rings (SSSR count). The average Bonchev–Trinajstić information content (AvgIpc) is 3.08. The molecule has 4 heteroatoms. The Labute approximate surface area is 114 Å². The minimum absolute atomic E-state index is 0.0220. The Hall–Kier alpha value is -0.540. The summed E-state index contributed by atoms with van der Waals surface area (Å²) >= 11 is 9.37. The van der Waals surface area contributed by atoms with Gasteiger partial charge in [0.15, 0.2) is 5.78 Å². The van der Waals surface area contributed by atoms with Crippen molar-refractivity contribution >= 4 is 33.3 Å². The van der Waals surface area contributed by atoms with E-state index in [1.807, 2.05) is 0 Å². The van der Waals surface area contributed by atoms with Crippen LogP contribution in [0, 0.1) is 5.41 Å². The Morgan fingerprint density at radius 1 is 1.53 bits per heavy atom. The van der Waals surface area contributed by atoms with E-state index in [0.717, 1.165) is 5.33 Å². The Kier molecular flexibility index (Phi) is 3.79. The molecule has 1 fully saturated rings. The van der Waals surface area contributed by atoms with Gasteiger partial charge in [-0.15, -0.1) is 0 Å². The van der Waals surface area contributed by atoms with E-state index in [1.165, 1.54) is 19.8 Å². The smallest absolute Gasteiger partial charge is 0.163 e. The van der Waals surface area contributed by atoms with Crippen molar-refractivity contribution in [1.29, 1.82) is 0 Å². The second kappa shape index (κ2) is 4.99. The van der Waals surface area contributed by atoms with Gasteiger partial charge in [-0.1, -0.05) is 27.5 Å². The summed E-state index contributed by atoms with van der Waals surface area (Å²) in [5.74, 6) is 0.611. The zero-order valence-corrected chi connectivity index (χ0v) is 12.0. The molecule has 0 spiro atoms. The molecule has 0 aromatic heterocycles. The third-order valence-corrected chi connectivity index (χ3v) is 4.52. The molecule has 0 amide bonds. The molecule has 0 unspecified atom stereocenters. The van der Waals surface area contributed by atoms with Crippen molar-refractivity contribution < 1.29 is 9.53 Å². The maximum absolute atomic E-state index is 11.5. The van der Waals surface area contributed by atoms with Gasteiger partial charge in [0.1, 0.15) is 5.75 Å². The fraction of sp³-hybridized carbons (Fsp3) is 0.462. The number of ketones is 1. The number of alkyl halides is 1. The number of halogens is 2. The fourth-order valence-corrected chi connectivity index (χ4v) is 2.52. The van der Waals surface area contributed by atoms with Gasteiger partial charge >= 0.3 is 0 Å². The van der Waals surface area contributed by atoms with Crippen LogP contribution in [0.4, 0.5) is 0 Å². The number of ether oxygens (including phenoxy) is 1. The van der Waals surface area contributed by atoms with Gasteiger partial charge in [0.05, 0.1) is 12.2 Å². The molecule has 2 nitrogen and oxygen atoms in total. The number of hydrogen-bond acceptors (Lipinski definition) is 2. The van der Waals surface area contributed by atoms with Crippen molar-refractivity contribution in [3.8, 4) is 5.75 Å². The number of carbonyl (C=O) groups is 1. The summed E-state index contributed by atoms with van der Waals surface area (Å²) in [6, 6.07) is 5.17. The van der Waals surface area contributed by atoms with E-state index in [-0.39, 0.29) is 11.2 Å². The van der Waals surface area contributed by atoms with E-state index in [4.69, 9.17) is 16.3 Å². The first kappa shape index (κ1) is 12.9. The lowest BCUT2D eigenvalue weighted by Gasteiger charge is -2.15. The lowest BCUT2D eigenvalue weighted by Crippen LogP contribution is -2.15. The van der Waals surface area contributed by atoms with Crippen LogP contribution in [0.1, 0.15) is 30.1 Å². The predicted molar refractivity (Wildman–Crippen MR) is 72.4 cm³/mol. The highest BCUT2D eigenvalue weighted by molar-refractivity contribution is 9.09. The summed E-state index contributed by atoms with van der Waals surface area (Å²) in [4.78, 5) is 11.5. The quantitative estimate of drug-likeness (QED) is 0.604.